The number of hydrazone groups is 1. The number of ketones is 1. The standard InChI is InChI=1S/C15H17ClN2OS/c1-3-4-8-18-15(20-11(2)17-18)10-14(19)12-6-5-7-13(16)9-12/h5-7,9-10H,3-4,8H2,1-2H3. The number of halogens is 1. The lowest BCUT2D eigenvalue weighted by atomic mass is 10.1. The number of carbonyl (C=O) groups is 1. The lowest BCUT2D eigenvalue weighted by Crippen LogP contribution is -2.14. The molecule has 0 fully saturated rings. The van der Waals surface area contributed by atoms with E-state index in [2.05, 4.69) is 12.0 Å². The van der Waals surface area contributed by atoms with Gasteiger partial charge in [0.1, 0.15) is 5.03 Å². The third-order valence-electron chi connectivity index (χ3n) is 2.86. The Kier molecular flexibility index (Phi) is 5.26. The number of hydrogen-bond acceptors (Lipinski definition) is 4. The van der Waals surface area contributed by atoms with E-state index in [0.29, 0.717) is 10.6 Å². The van der Waals surface area contributed by atoms with Crippen molar-refractivity contribution >= 4 is 34.2 Å². The van der Waals surface area contributed by atoms with Crippen LogP contribution in [-0.4, -0.2) is 22.4 Å². The van der Waals surface area contributed by atoms with Crippen molar-refractivity contribution in [2.75, 3.05) is 6.54 Å². The van der Waals surface area contributed by atoms with Gasteiger partial charge >= 0.3 is 0 Å². The van der Waals surface area contributed by atoms with E-state index in [-0.39, 0.29) is 5.78 Å². The number of carbonyl (C=O) groups excluding carboxylic acids is 1. The Labute approximate surface area is 128 Å². The largest absolute Gasteiger partial charge is 0.289 e. The molecule has 0 atom stereocenters. The van der Waals surface area contributed by atoms with Gasteiger partial charge in [0, 0.05) is 23.2 Å². The molecule has 0 amide bonds. The third kappa shape index (κ3) is 3.87. The van der Waals surface area contributed by atoms with Crippen LogP contribution in [0.25, 0.3) is 0 Å². The van der Waals surface area contributed by atoms with Gasteiger partial charge in [0.2, 0.25) is 0 Å². The van der Waals surface area contributed by atoms with E-state index in [1.165, 1.54) is 11.8 Å². The summed E-state index contributed by atoms with van der Waals surface area (Å²) >= 11 is 7.45. The summed E-state index contributed by atoms with van der Waals surface area (Å²) in [5.41, 5.74) is 0.602. The van der Waals surface area contributed by atoms with Gasteiger partial charge in [-0.3, -0.25) is 9.80 Å². The number of thioether (sulfide) groups is 1. The Bertz CT molecular complexity index is 569. The van der Waals surface area contributed by atoms with Crippen LogP contribution in [0.15, 0.2) is 40.5 Å². The van der Waals surface area contributed by atoms with Gasteiger partial charge in [-0.05, 0) is 25.5 Å². The second-order valence-corrected chi connectivity index (χ2v) is 6.20. The SMILES string of the molecule is CCCCN1N=C(C)SC1=CC(=O)c1cccc(Cl)c1. The molecule has 1 aliphatic heterocycles. The molecule has 106 valence electrons. The second-order valence-electron chi connectivity index (χ2n) is 4.55. The maximum atomic E-state index is 12.3. The quantitative estimate of drug-likeness (QED) is 0.591. The van der Waals surface area contributed by atoms with Gasteiger partial charge in [-0.15, -0.1) is 0 Å². The molecule has 2 rings (SSSR count). The monoisotopic (exact) mass is 308 g/mol. The molecule has 0 saturated carbocycles. The van der Waals surface area contributed by atoms with Gasteiger partial charge in [-0.2, -0.15) is 5.10 Å². The summed E-state index contributed by atoms with van der Waals surface area (Å²) in [5, 5.41) is 8.77. The smallest absolute Gasteiger partial charge is 0.188 e. The average molecular weight is 309 g/mol. The first-order chi connectivity index (χ1) is 9.60. The molecule has 0 bridgehead atoms. The zero-order valence-electron chi connectivity index (χ0n) is 11.6. The van der Waals surface area contributed by atoms with Gasteiger partial charge in [-0.25, -0.2) is 0 Å². The highest BCUT2D eigenvalue weighted by Gasteiger charge is 2.19. The first-order valence-corrected chi connectivity index (χ1v) is 7.82. The summed E-state index contributed by atoms with van der Waals surface area (Å²) in [4.78, 5) is 12.3. The molecule has 20 heavy (non-hydrogen) atoms. The number of benzene rings is 1. The van der Waals surface area contributed by atoms with Crippen molar-refractivity contribution in [3.05, 3.63) is 46.0 Å². The molecule has 1 aromatic carbocycles. The maximum Gasteiger partial charge on any atom is 0.188 e. The van der Waals surface area contributed by atoms with Crippen molar-refractivity contribution in [2.24, 2.45) is 5.10 Å². The van der Waals surface area contributed by atoms with Crippen molar-refractivity contribution in [1.29, 1.82) is 0 Å². The van der Waals surface area contributed by atoms with Crippen LogP contribution in [0.5, 0.6) is 0 Å². The first kappa shape index (κ1) is 15.1. The highest BCUT2D eigenvalue weighted by Crippen LogP contribution is 2.30. The molecule has 1 aromatic rings. The van der Waals surface area contributed by atoms with Crippen LogP contribution in [-0.2, 0) is 0 Å². The van der Waals surface area contributed by atoms with E-state index in [0.717, 1.165) is 29.5 Å². The normalized spacial score (nSPS) is 16.6. The molecule has 0 aromatic heterocycles. The van der Waals surface area contributed by atoms with Gasteiger partial charge in [-0.1, -0.05) is 48.8 Å². The van der Waals surface area contributed by atoms with Crippen LogP contribution >= 0.6 is 23.4 Å². The highest BCUT2D eigenvalue weighted by molar-refractivity contribution is 8.17. The molecule has 5 heteroatoms. The van der Waals surface area contributed by atoms with Crippen molar-refractivity contribution in [1.82, 2.24) is 5.01 Å². The summed E-state index contributed by atoms with van der Waals surface area (Å²) in [7, 11) is 0. The Morgan fingerprint density at radius 1 is 1.50 bits per heavy atom. The molecule has 0 spiro atoms. The number of rotatable bonds is 5. The van der Waals surface area contributed by atoms with Crippen LogP contribution in [0.3, 0.4) is 0 Å². The van der Waals surface area contributed by atoms with Crippen molar-refractivity contribution in [3.8, 4) is 0 Å². The van der Waals surface area contributed by atoms with E-state index in [9.17, 15) is 4.79 Å². The fourth-order valence-corrected chi connectivity index (χ4v) is 2.89. The van der Waals surface area contributed by atoms with E-state index >= 15 is 0 Å². The molecule has 1 heterocycles. The molecule has 0 unspecified atom stereocenters. The number of unbranched alkanes of at least 4 members (excludes halogenated alkanes) is 1. The minimum atomic E-state index is -0.0404. The predicted molar refractivity (Wildman–Crippen MR) is 86.2 cm³/mol. The maximum absolute atomic E-state index is 12.3. The molecule has 1 aliphatic rings. The molecule has 0 saturated heterocycles. The first-order valence-electron chi connectivity index (χ1n) is 6.62. The van der Waals surface area contributed by atoms with Gasteiger partial charge in [0.05, 0.1) is 5.04 Å². The average Bonchev–Trinajstić information content (AvgIpc) is 2.76. The summed E-state index contributed by atoms with van der Waals surface area (Å²) in [5.74, 6) is -0.0404. The van der Waals surface area contributed by atoms with Crippen LogP contribution < -0.4 is 0 Å². The van der Waals surface area contributed by atoms with E-state index < -0.39 is 0 Å². The zero-order valence-corrected chi connectivity index (χ0v) is 13.2. The second kappa shape index (κ2) is 6.95. The van der Waals surface area contributed by atoms with E-state index in [1.807, 2.05) is 11.9 Å². The van der Waals surface area contributed by atoms with E-state index in [1.54, 1.807) is 30.3 Å². The predicted octanol–water partition coefficient (Wildman–Crippen LogP) is 4.55. The topological polar surface area (TPSA) is 32.7 Å². The number of allylic oxidation sites excluding steroid dienone is 1. The third-order valence-corrected chi connectivity index (χ3v) is 4.01. The Hall–Kier alpha value is -1.26. The number of nitrogens with zero attached hydrogens (tertiary/aromatic N) is 2. The molecule has 0 aliphatic carbocycles. The number of hydrogen-bond donors (Lipinski definition) is 0. The summed E-state index contributed by atoms with van der Waals surface area (Å²) in [6, 6.07) is 7.00. The lowest BCUT2D eigenvalue weighted by Gasteiger charge is -2.14. The zero-order chi connectivity index (χ0) is 14.5. The molecular weight excluding hydrogens is 292 g/mol. The van der Waals surface area contributed by atoms with Crippen molar-refractivity contribution in [3.63, 3.8) is 0 Å². The van der Waals surface area contributed by atoms with Crippen LogP contribution in [0.2, 0.25) is 5.02 Å². The molecule has 3 nitrogen and oxygen atoms in total. The van der Waals surface area contributed by atoms with Crippen LogP contribution in [0, 0.1) is 0 Å². The van der Waals surface area contributed by atoms with Gasteiger partial charge < -0.3 is 0 Å². The lowest BCUT2D eigenvalue weighted by molar-refractivity contribution is 0.104. The fraction of sp³-hybridized carbons (Fsp3) is 0.333. The minimum absolute atomic E-state index is 0.0404. The van der Waals surface area contributed by atoms with Gasteiger partial charge in [0.25, 0.3) is 0 Å². The minimum Gasteiger partial charge on any atom is -0.289 e. The fourth-order valence-electron chi connectivity index (χ4n) is 1.85. The Morgan fingerprint density at radius 3 is 3.00 bits per heavy atom. The summed E-state index contributed by atoms with van der Waals surface area (Å²) < 4.78 is 0. The van der Waals surface area contributed by atoms with Crippen LogP contribution in [0.1, 0.15) is 37.0 Å². The van der Waals surface area contributed by atoms with Gasteiger partial charge in [0.15, 0.2) is 5.78 Å². The summed E-state index contributed by atoms with van der Waals surface area (Å²) in [6.07, 6.45) is 3.80. The van der Waals surface area contributed by atoms with Crippen LogP contribution in [0.4, 0.5) is 0 Å². The highest BCUT2D eigenvalue weighted by atomic mass is 35.5. The molecule has 0 N–H and O–H groups in total. The Morgan fingerprint density at radius 2 is 2.30 bits per heavy atom. The van der Waals surface area contributed by atoms with E-state index in [4.69, 9.17) is 11.6 Å². The molecule has 0 radical (unpaired) electrons. The Balaban J connectivity index is 2.15. The summed E-state index contributed by atoms with van der Waals surface area (Å²) in [6.45, 7) is 4.93. The molecular formula is C15H17ClN2OS. The van der Waals surface area contributed by atoms with Crippen molar-refractivity contribution < 1.29 is 4.79 Å². The van der Waals surface area contributed by atoms with Crippen molar-refractivity contribution in [2.45, 2.75) is 26.7 Å².